The lowest BCUT2D eigenvalue weighted by Crippen LogP contribution is -2.37. The van der Waals surface area contributed by atoms with Gasteiger partial charge in [0.25, 0.3) is 0 Å². The van der Waals surface area contributed by atoms with Gasteiger partial charge in [-0.1, -0.05) is 23.2 Å². The number of alkyl halides is 1. The van der Waals surface area contributed by atoms with Gasteiger partial charge < -0.3 is 9.84 Å². The average Bonchev–Trinajstić information content (AvgIpc) is 3.66. The van der Waals surface area contributed by atoms with E-state index in [0.717, 1.165) is 49.9 Å². The summed E-state index contributed by atoms with van der Waals surface area (Å²) in [4.78, 5) is 27.3. The van der Waals surface area contributed by atoms with E-state index in [1.54, 1.807) is 12.1 Å². The number of benzene rings is 2. The molecule has 5 rings (SSSR count). The summed E-state index contributed by atoms with van der Waals surface area (Å²) in [7, 11) is 0. The summed E-state index contributed by atoms with van der Waals surface area (Å²) in [6.07, 6.45) is 4.29. The molecule has 2 aliphatic carbocycles. The van der Waals surface area contributed by atoms with Gasteiger partial charge in [0, 0.05) is 33.4 Å². The molecule has 0 bridgehead atoms. The van der Waals surface area contributed by atoms with Crippen LogP contribution in [0.25, 0.3) is 0 Å². The molecule has 0 amide bonds. The molecule has 2 saturated carbocycles. The third-order valence-corrected chi connectivity index (χ3v) is 9.37. The van der Waals surface area contributed by atoms with Gasteiger partial charge >= 0.3 is 5.97 Å². The second-order valence-corrected chi connectivity index (χ2v) is 12.8. The van der Waals surface area contributed by atoms with Crippen LogP contribution in [0.1, 0.15) is 78.9 Å². The van der Waals surface area contributed by atoms with Gasteiger partial charge in [-0.25, -0.2) is 4.39 Å². The fourth-order valence-corrected chi connectivity index (χ4v) is 7.01. The zero-order valence-corrected chi connectivity index (χ0v) is 24.1. The van der Waals surface area contributed by atoms with Crippen molar-refractivity contribution in [1.29, 1.82) is 0 Å². The van der Waals surface area contributed by atoms with Crippen molar-refractivity contribution in [2.45, 2.75) is 62.8 Å². The van der Waals surface area contributed by atoms with Crippen LogP contribution >= 0.6 is 34.8 Å². The Morgan fingerprint density at radius 3 is 2.28 bits per heavy atom. The number of halogens is 4. The number of aliphatic carboxylic acids is 1. The normalized spacial score (nSPS) is 25.0. The quantitative estimate of drug-likeness (QED) is 0.237. The summed E-state index contributed by atoms with van der Waals surface area (Å²) in [6, 6.07) is 8.77. The number of nitrogens with zero attached hydrogens (tertiary/aromatic N) is 1. The molecule has 1 unspecified atom stereocenters. The molecule has 5 nitrogen and oxygen atoms in total. The lowest BCUT2D eigenvalue weighted by Gasteiger charge is -2.36. The first kappa shape index (κ1) is 28.7. The van der Waals surface area contributed by atoms with Crippen molar-refractivity contribution in [1.82, 2.24) is 4.90 Å². The highest BCUT2D eigenvalue weighted by atomic mass is 35.5. The monoisotopic (exact) mass is 595 g/mol. The maximum absolute atomic E-state index is 15.3. The van der Waals surface area contributed by atoms with E-state index in [9.17, 15) is 14.7 Å². The van der Waals surface area contributed by atoms with Gasteiger partial charge in [-0.15, -0.1) is 11.6 Å². The molecule has 1 aliphatic heterocycles. The highest BCUT2D eigenvalue weighted by Crippen LogP contribution is 2.46. The van der Waals surface area contributed by atoms with Crippen molar-refractivity contribution in [2.75, 3.05) is 19.7 Å². The number of carboxylic acids is 1. The fourth-order valence-electron chi connectivity index (χ4n) is 6.08. The Hall–Kier alpha value is -1.86. The van der Waals surface area contributed by atoms with Gasteiger partial charge in [-0.3, -0.25) is 14.5 Å². The minimum absolute atomic E-state index is 0.0466. The molecule has 2 aromatic rings. The molecule has 210 valence electrons. The van der Waals surface area contributed by atoms with Gasteiger partial charge in [-0.05, 0) is 106 Å². The molecule has 9 heteroatoms. The maximum atomic E-state index is 15.3. The Labute approximate surface area is 243 Å². The van der Waals surface area contributed by atoms with E-state index in [1.807, 2.05) is 12.1 Å². The van der Waals surface area contributed by atoms with Crippen molar-refractivity contribution in [2.24, 2.45) is 17.8 Å². The van der Waals surface area contributed by atoms with Crippen LogP contribution in [0.15, 0.2) is 30.3 Å². The summed E-state index contributed by atoms with van der Waals surface area (Å²) in [5, 5.41) is 10.4. The number of carboxylic acid groups (broad SMARTS) is 1. The van der Waals surface area contributed by atoms with Gasteiger partial charge in [0.15, 0.2) is 5.78 Å². The SMILES string of the molecule is C[C@@H](c1cc(Cl)cc(Cl)c1)N1CCC(COc2cc(F)c(C(=O)C3C[C@H](Cl)C[C@H]3C(=O)O)cc2C2CC2)CC1. The Morgan fingerprint density at radius 1 is 1.03 bits per heavy atom. The number of ketones is 1. The maximum Gasteiger partial charge on any atom is 0.307 e. The Bertz CT molecular complexity index is 1220. The zero-order valence-electron chi connectivity index (χ0n) is 21.8. The molecule has 2 aromatic carbocycles. The predicted octanol–water partition coefficient (Wildman–Crippen LogP) is 7.76. The van der Waals surface area contributed by atoms with Gasteiger partial charge in [0.1, 0.15) is 11.6 Å². The fraction of sp³-hybridized carbons (Fsp3) is 0.533. The van der Waals surface area contributed by atoms with E-state index >= 15 is 4.39 Å². The topological polar surface area (TPSA) is 66.8 Å². The molecule has 0 radical (unpaired) electrons. The van der Waals surface area contributed by atoms with E-state index < -0.39 is 34.8 Å². The first-order valence-electron chi connectivity index (χ1n) is 13.7. The van der Waals surface area contributed by atoms with Crippen molar-refractivity contribution >= 4 is 46.6 Å². The predicted molar refractivity (Wildman–Crippen MR) is 151 cm³/mol. The van der Waals surface area contributed by atoms with Crippen LogP contribution in [0.2, 0.25) is 10.0 Å². The van der Waals surface area contributed by atoms with Crippen molar-refractivity contribution < 1.29 is 23.8 Å². The van der Waals surface area contributed by atoms with Crippen LogP contribution < -0.4 is 4.74 Å². The van der Waals surface area contributed by atoms with Gasteiger partial charge in [-0.2, -0.15) is 0 Å². The van der Waals surface area contributed by atoms with E-state index in [2.05, 4.69) is 11.8 Å². The summed E-state index contributed by atoms with van der Waals surface area (Å²) >= 11 is 18.6. The number of hydrogen-bond donors (Lipinski definition) is 1. The van der Waals surface area contributed by atoms with E-state index in [1.165, 1.54) is 6.07 Å². The minimum atomic E-state index is -1.06. The molecule has 4 atom stereocenters. The number of likely N-dealkylation sites (tertiary alicyclic amines) is 1. The lowest BCUT2D eigenvalue weighted by atomic mass is 9.87. The third kappa shape index (κ3) is 6.56. The van der Waals surface area contributed by atoms with Crippen LogP contribution in [-0.4, -0.2) is 46.8 Å². The van der Waals surface area contributed by atoms with Crippen LogP contribution in [0, 0.1) is 23.6 Å². The largest absolute Gasteiger partial charge is 0.493 e. The third-order valence-electron chi connectivity index (χ3n) is 8.58. The number of Topliss-reactive ketones (excluding diaryl/α,β-unsaturated/α-hetero) is 1. The van der Waals surface area contributed by atoms with Crippen molar-refractivity contribution in [3.8, 4) is 5.75 Å². The molecule has 3 aliphatic rings. The molecule has 1 heterocycles. The minimum Gasteiger partial charge on any atom is -0.493 e. The number of rotatable bonds is 9. The second kappa shape index (κ2) is 11.9. The summed E-state index contributed by atoms with van der Waals surface area (Å²) in [5.41, 5.74) is 1.89. The van der Waals surface area contributed by atoms with Crippen molar-refractivity contribution in [3.63, 3.8) is 0 Å². The van der Waals surface area contributed by atoms with Crippen molar-refractivity contribution in [3.05, 3.63) is 62.9 Å². The molecular formula is C30H33Cl3FNO4. The van der Waals surface area contributed by atoms with Crippen LogP contribution in [0.5, 0.6) is 5.75 Å². The van der Waals surface area contributed by atoms with Crippen LogP contribution in [0.4, 0.5) is 4.39 Å². The van der Waals surface area contributed by atoms with E-state index in [4.69, 9.17) is 39.5 Å². The number of piperidine rings is 1. The summed E-state index contributed by atoms with van der Waals surface area (Å²) < 4.78 is 21.4. The molecule has 39 heavy (non-hydrogen) atoms. The number of ether oxygens (including phenoxy) is 1. The highest BCUT2D eigenvalue weighted by Gasteiger charge is 2.43. The standard InChI is InChI=1S/C30H33Cl3FNO4/c1-16(19-8-20(31)10-21(32)9-19)35-6-4-17(5-7-35)15-39-28-14-27(34)26(13-23(28)18-2-3-18)29(36)24-11-22(33)12-25(24)30(37)38/h8-10,13-14,16-18,22,24-25H,2-7,11-12,15H2,1H3,(H,37,38)/t16-,22-,24?,25+/m0/s1. The number of hydrogen-bond acceptors (Lipinski definition) is 4. The highest BCUT2D eigenvalue weighted by molar-refractivity contribution is 6.34. The molecular weight excluding hydrogens is 564 g/mol. The summed E-state index contributed by atoms with van der Waals surface area (Å²) in [6.45, 7) is 4.45. The van der Waals surface area contributed by atoms with Gasteiger partial charge in [0.2, 0.25) is 0 Å². The van der Waals surface area contributed by atoms with E-state index in [-0.39, 0.29) is 30.4 Å². The zero-order chi connectivity index (χ0) is 27.8. The lowest BCUT2D eigenvalue weighted by molar-refractivity contribution is -0.142. The smallest absolute Gasteiger partial charge is 0.307 e. The van der Waals surface area contributed by atoms with Gasteiger partial charge in [0.05, 0.1) is 18.1 Å². The molecule has 0 spiro atoms. The average molecular weight is 597 g/mol. The molecule has 0 aromatic heterocycles. The molecule has 3 fully saturated rings. The molecule has 1 N–H and O–H groups in total. The van der Waals surface area contributed by atoms with Crippen LogP contribution in [-0.2, 0) is 4.79 Å². The Kier molecular flexibility index (Phi) is 8.77. The first-order valence-corrected chi connectivity index (χ1v) is 14.9. The molecule has 1 saturated heterocycles. The Morgan fingerprint density at radius 2 is 1.67 bits per heavy atom. The summed E-state index contributed by atoms with van der Waals surface area (Å²) in [5.74, 6) is -2.83. The van der Waals surface area contributed by atoms with Crippen LogP contribution in [0.3, 0.4) is 0 Å². The second-order valence-electron chi connectivity index (χ2n) is 11.3. The first-order chi connectivity index (χ1) is 18.6. The van der Waals surface area contributed by atoms with E-state index in [0.29, 0.717) is 28.3 Å². The number of carbonyl (C=O) groups excluding carboxylic acids is 1. The Balaban J connectivity index is 1.23. The number of carbonyl (C=O) groups is 2.